The van der Waals surface area contributed by atoms with Gasteiger partial charge in [0.1, 0.15) is 5.69 Å². The van der Waals surface area contributed by atoms with Gasteiger partial charge in [0, 0.05) is 31.4 Å². The molecule has 2 heterocycles. The fourth-order valence-electron chi connectivity index (χ4n) is 2.22. The van der Waals surface area contributed by atoms with Gasteiger partial charge >= 0.3 is 6.18 Å². The Morgan fingerprint density at radius 3 is 2.62 bits per heavy atom. The monoisotopic (exact) mass is 304 g/mol. The lowest BCUT2D eigenvalue weighted by Crippen LogP contribution is -2.42. The molecule has 0 aromatic carbocycles. The molecule has 0 amide bonds. The molecule has 0 spiro atoms. The van der Waals surface area contributed by atoms with E-state index in [-0.39, 0.29) is 12.0 Å². The number of aromatic nitrogens is 2. The van der Waals surface area contributed by atoms with Gasteiger partial charge in [0.25, 0.3) is 0 Å². The van der Waals surface area contributed by atoms with Crippen molar-refractivity contribution in [3.8, 4) is 0 Å². The van der Waals surface area contributed by atoms with Crippen molar-refractivity contribution in [3.05, 3.63) is 17.5 Å². The first-order valence-corrected chi connectivity index (χ1v) is 6.84. The molecule has 8 heteroatoms. The summed E-state index contributed by atoms with van der Waals surface area (Å²) in [7, 11) is 0. The third-order valence-electron chi connectivity index (χ3n) is 3.16. The molecule has 2 rings (SSSR count). The van der Waals surface area contributed by atoms with Crippen LogP contribution < -0.4 is 5.32 Å². The van der Waals surface area contributed by atoms with Crippen molar-refractivity contribution in [2.45, 2.75) is 26.1 Å². The average molecular weight is 304 g/mol. The van der Waals surface area contributed by atoms with Gasteiger partial charge in [-0.3, -0.25) is 4.90 Å². The van der Waals surface area contributed by atoms with Gasteiger partial charge in [-0.15, -0.1) is 0 Å². The van der Waals surface area contributed by atoms with E-state index >= 15 is 0 Å². The molecule has 1 aliphatic rings. The molecule has 0 unspecified atom stereocenters. The molecular weight excluding hydrogens is 285 g/mol. The molecule has 1 aliphatic heterocycles. The quantitative estimate of drug-likeness (QED) is 0.921. The Balaban J connectivity index is 1.99. The Hall–Kier alpha value is -1.41. The summed E-state index contributed by atoms with van der Waals surface area (Å²) in [4.78, 5) is 9.76. The number of rotatable bonds is 4. The Kier molecular flexibility index (Phi) is 5.00. The number of morpholine rings is 1. The number of nitrogens with one attached hydrogen (secondary N) is 1. The molecule has 1 aromatic rings. The molecule has 1 N–H and O–H groups in total. The third kappa shape index (κ3) is 4.82. The first kappa shape index (κ1) is 16.0. The maximum Gasteiger partial charge on any atom is 0.433 e. The number of alkyl halides is 3. The SMILES string of the molecule is Cc1cc(C(F)(F)F)nc(N[C@H](C)CN2CCOCC2)n1. The minimum Gasteiger partial charge on any atom is -0.379 e. The van der Waals surface area contributed by atoms with Crippen LogP contribution in [0.15, 0.2) is 6.07 Å². The zero-order valence-corrected chi connectivity index (χ0v) is 12.1. The summed E-state index contributed by atoms with van der Waals surface area (Å²) in [6.07, 6.45) is -4.46. The van der Waals surface area contributed by atoms with Crippen molar-refractivity contribution >= 4 is 5.95 Å². The maximum atomic E-state index is 12.7. The van der Waals surface area contributed by atoms with E-state index in [1.807, 2.05) is 6.92 Å². The van der Waals surface area contributed by atoms with E-state index in [9.17, 15) is 13.2 Å². The molecule has 0 saturated carbocycles. The number of halogens is 3. The molecule has 0 radical (unpaired) electrons. The van der Waals surface area contributed by atoms with E-state index in [0.29, 0.717) is 25.5 Å². The highest BCUT2D eigenvalue weighted by molar-refractivity contribution is 5.30. The van der Waals surface area contributed by atoms with Gasteiger partial charge in [0.15, 0.2) is 0 Å². The second-order valence-electron chi connectivity index (χ2n) is 5.17. The van der Waals surface area contributed by atoms with Crippen molar-refractivity contribution in [2.24, 2.45) is 0 Å². The zero-order valence-electron chi connectivity index (χ0n) is 12.1. The number of hydrogen-bond acceptors (Lipinski definition) is 5. The molecule has 0 bridgehead atoms. The van der Waals surface area contributed by atoms with E-state index in [4.69, 9.17) is 4.74 Å². The Bertz CT molecular complexity index is 475. The van der Waals surface area contributed by atoms with Crippen molar-refractivity contribution in [3.63, 3.8) is 0 Å². The number of nitrogens with zero attached hydrogens (tertiary/aromatic N) is 3. The predicted molar refractivity (Wildman–Crippen MR) is 72.1 cm³/mol. The maximum absolute atomic E-state index is 12.7. The predicted octanol–water partition coefficient (Wildman–Crippen LogP) is 1.94. The van der Waals surface area contributed by atoms with Gasteiger partial charge in [-0.1, -0.05) is 0 Å². The first-order valence-electron chi connectivity index (χ1n) is 6.84. The van der Waals surface area contributed by atoms with E-state index < -0.39 is 11.9 Å². The van der Waals surface area contributed by atoms with E-state index in [2.05, 4.69) is 20.2 Å². The number of aryl methyl sites for hydroxylation is 1. The second kappa shape index (κ2) is 6.57. The van der Waals surface area contributed by atoms with Gasteiger partial charge in [-0.2, -0.15) is 13.2 Å². The van der Waals surface area contributed by atoms with Crippen LogP contribution in [0.4, 0.5) is 19.1 Å². The number of ether oxygens (including phenoxy) is 1. The average Bonchev–Trinajstić information content (AvgIpc) is 2.37. The van der Waals surface area contributed by atoms with Gasteiger partial charge in [0.2, 0.25) is 5.95 Å². The summed E-state index contributed by atoms with van der Waals surface area (Å²) < 4.78 is 43.4. The Labute approximate surface area is 121 Å². The normalized spacial score (nSPS) is 18.5. The lowest BCUT2D eigenvalue weighted by atomic mass is 10.3. The zero-order chi connectivity index (χ0) is 15.5. The highest BCUT2D eigenvalue weighted by Crippen LogP contribution is 2.28. The van der Waals surface area contributed by atoms with Crippen molar-refractivity contribution in [1.82, 2.24) is 14.9 Å². The van der Waals surface area contributed by atoms with Crippen LogP contribution in [-0.4, -0.2) is 53.8 Å². The van der Waals surface area contributed by atoms with Crippen LogP contribution in [0.25, 0.3) is 0 Å². The van der Waals surface area contributed by atoms with Crippen LogP contribution in [0.2, 0.25) is 0 Å². The fraction of sp³-hybridized carbons (Fsp3) is 0.692. The Morgan fingerprint density at radius 2 is 2.00 bits per heavy atom. The Morgan fingerprint density at radius 1 is 1.33 bits per heavy atom. The van der Waals surface area contributed by atoms with Gasteiger partial charge < -0.3 is 10.1 Å². The van der Waals surface area contributed by atoms with Crippen LogP contribution in [0, 0.1) is 6.92 Å². The van der Waals surface area contributed by atoms with Gasteiger partial charge in [0.05, 0.1) is 13.2 Å². The third-order valence-corrected chi connectivity index (χ3v) is 3.16. The van der Waals surface area contributed by atoms with Crippen molar-refractivity contribution in [2.75, 3.05) is 38.2 Å². The van der Waals surface area contributed by atoms with Crippen LogP contribution in [0.3, 0.4) is 0 Å². The van der Waals surface area contributed by atoms with Crippen LogP contribution in [0.1, 0.15) is 18.3 Å². The molecule has 5 nitrogen and oxygen atoms in total. The van der Waals surface area contributed by atoms with E-state index in [0.717, 1.165) is 19.2 Å². The second-order valence-corrected chi connectivity index (χ2v) is 5.17. The van der Waals surface area contributed by atoms with E-state index in [1.54, 1.807) is 0 Å². The molecule has 21 heavy (non-hydrogen) atoms. The summed E-state index contributed by atoms with van der Waals surface area (Å²) >= 11 is 0. The highest BCUT2D eigenvalue weighted by atomic mass is 19.4. The minimum atomic E-state index is -4.46. The van der Waals surface area contributed by atoms with E-state index in [1.165, 1.54) is 6.92 Å². The molecule has 0 aliphatic carbocycles. The van der Waals surface area contributed by atoms with Crippen molar-refractivity contribution in [1.29, 1.82) is 0 Å². The summed E-state index contributed by atoms with van der Waals surface area (Å²) in [6.45, 7) is 7.16. The van der Waals surface area contributed by atoms with Crippen LogP contribution in [0.5, 0.6) is 0 Å². The number of anilines is 1. The standard InChI is InChI=1S/C13H19F3N4O/c1-9-7-11(13(14,15)16)19-12(17-9)18-10(2)8-20-3-5-21-6-4-20/h7,10H,3-6,8H2,1-2H3,(H,17,18,19)/t10-/m1/s1. The minimum absolute atomic E-state index is 0.0167. The summed E-state index contributed by atoms with van der Waals surface area (Å²) in [6, 6.07) is 0.892. The topological polar surface area (TPSA) is 50.3 Å². The summed E-state index contributed by atoms with van der Waals surface area (Å²) in [5.74, 6) is 0.0167. The van der Waals surface area contributed by atoms with Crippen molar-refractivity contribution < 1.29 is 17.9 Å². The highest BCUT2D eigenvalue weighted by Gasteiger charge is 2.33. The van der Waals surface area contributed by atoms with Gasteiger partial charge in [-0.25, -0.2) is 9.97 Å². The first-order chi connectivity index (χ1) is 9.84. The molecular formula is C13H19F3N4O. The molecule has 1 aromatic heterocycles. The lowest BCUT2D eigenvalue weighted by Gasteiger charge is -2.29. The fourth-order valence-corrected chi connectivity index (χ4v) is 2.22. The van der Waals surface area contributed by atoms with Crippen LogP contribution >= 0.6 is 0 Å². The smallest absolute Gasteiger partial charge is 0.379 e. The summed E-state index contributed by atoms with van der Waals surface area (Å²) in [5.41, 5.74) is -0.630. The van der Waals surface area contributed by atoms with Crippen LogP contribution in [-0.2, 0) is 10.9 Å². The van der Waals surface area contributed by atoms with Gasteiger partial charge in [-0.05, 0) is 19.9 Å². The summed E-state index contributed by atoms with van der Waals surface area (Å²) in [5, 5.41) is 2.94. The molecule has 1 fully saturated rings. The largest absolute Gasteiger partial charge is 0.433 e. The molecule has 1 saturated heterocycles. The lowest BCUT2D eigenvalue weighted by molar-refractivity contribution is -0.141. The molecule has 118 valence electrons. The number of hydrogen-bond donors (Lipinski definition) is 1. The molecule has 1 atom stereocenters.